The Bertz CT molecular complexity index is 546. The smallest absolute Gasteiger partial charge is 0.223 e. The second kappa shape index (κ2) is 7.17. The summed E-state index contributed by atoms with van der Waals surface area (Å²) in [6, 6.07) is 0.0106. The van der Waals surface area contributed by atoms with E-state index < -0.39 is 22.0 Å². The van der Waals surface area contributed by atoms with E-state index in [1.54, 1.807) is 0 Å². The van der Waals surface area contributed by atoms with Gasteiger partial charge in [-0.1, -0.05) is 54.6 Å². The van der Waals surface area contributed by atoms with Gasteiger partial charge in [0, 0.05) is 19.1 Å². The molecule has 6 heteroatoms. The van der Waals surface area contributed by atoms with Crippen LogP contribution in [0.3, 0.4) is 0 Å². The van der Waals surface area contributed by atoms with Gasteiger partial charge in [-0.25, -0.2) is 0 Å². The minimum atomic E-state index is -1.99. The molecule has 0 aromatic carbocycles. The Labute approximate surface area is 163 Å². The van der Waals surface area contributed by atoms with Gasteiger partial charge in [-0.15, -0.1) is 0 Å². The summed E-state index contributed by atoms with van der Waals surface area (Å²) in [5.41, 5.74) is -0.473. The summed E-state index contributed by atoms with van der Waals surface area (Å²) in [6.45, 7) is 24.9. The normalized spacial score (nSPS) is 25.3. The molecule has 1 unspecified atom stereocenters. The van der Waals surface area contributed by atoms with E-state index in [1.807, 2.05) is 6.92 Å². The third kappa shape index (κ3) is 4.02. The number of aldehydes is 1. The largest absolute Gasteiger partial charge is 0.417 e. The number of carbonyl (C=O) groups is 2. The maximum absolute atomic E-state index is 13.2. The van der Waals surface area contributed by atoms with E-state index >= 15 is 0 Å². The van der Waals surface area contributed by atoms with Crippen LogP contribution in [0, 0.1) is 5.41 Å². The lowest BCUT2D eigenvalue weighted by Gasteiger charge is -2.63. The average molecular weight is 400 g/mol. The molecule has 1 fully saturated rings. The summed E-state index contributed by atoms with van der Waals surface area (Å²) in [6.07, 6.45) is 2.10. The molecule has 0 N–H and O–H groups in total. The number of carbonyl (C=O) groups excluding carboxylic acids is 2. The van der Waals surface area contributed by atoms with E-state index in [1.165, 1.54) is 0 Å². The molecule has 152 valence electrons. The molecule has 0 aromatic heterocycles. The lowest BCUT2D eigenvalue weighted by Crippen LogP contribution is -2.77. The highest BCUT2D eigenvalue weighted by molar-refractivity contribution is 6.80. The van der Waals surface area contributed by atoms with Crippen molar-refractivity contribution in [1.82, 2.24) is 4.57 Å². The molecule has 1 rings (SSSR count). The Balaban J connectivity index is 2.95. The molecular weight excluding hydrogens is 358 g/mol. The Morgan fingerprint density at radius 3 is 1.96 bits per heavy atom. The van der Waals surface area contributed by atoms with Gasteiger partial charge >= 0.3 is 0 Å². The van der Waals surface area contributed by atoms with Crippen LogP contribution in [0.5, 0.6) is 0 Å². The average Bonchev–Trinajstić information content (AvgIpc) is 2.43. The van der Waals surface area contributed by atoms with E-state index in [9.17, 15) is 9.59 Å². The first-order chi connectivity index (χ1) is 11.4. The van der Waals surface area contributed by atoms with Crippen LogP contribution in [0.25, 0.3) is 0 Å². The van der Waals surface area contributed by atoms with Gasteiger partial charge in [-0.3, -0.25) is 4.79 Å². The summed E-state index contributed by atoms with van der Waals surface area (Å²) in [7, 11) is -3.81. The number of nitrogens with zero attached hydrogens (tertiary/aromatic N) is 1. The molecule has 1 aliphatic heterocycles. The lowest BCUT2D eigenvalue weighted by molar-refractivity contribution is -0.162. The van der Waals surface area contributed by atoms with Crippen molar-refractivity contribution in [2.45, 2.75) is 104 Å². The standard InChI is InChI=1S/C20H41NO3Si2/c1-18(2,3)25(8,9)21-16(12-14-22)20(7,17(21)23)13-15-24-26(10,11)19(4,5)6/h14,16H,12-13,15H2,1-11H3/t16?,20-/m0/s1. The van der Waals surface area contributed by atoms with Crippen molar-refractivity contribution in [2.75, 3.05) is 6.61 Å². The third-order valence-corrected chi connectivity index (χ3v) is 17.3. The summed E-state index contributed by atoms with van der Waals surface area (Å²) in [4.78, 5) is 24.6. The van der Waals surface area contributed by atoms with Crippen LogP contribution in [0.15, 0.2) is 0 Å². The molecule has 0 spiro atoms. The Kier molecular flexibility index (Phi) is 6.50. The summed E-state index contributed by atoms with van der Waals surface area (Å²) in [5.74, 6) is 0.217. The van der Waals surface area contributed by atoms with Crippen LogP contribution < -0.4 is 0 Å². The summed E-state index contributed by atoms with van der Waals surface area (Å²) in [5, 5.41) is 0.232. The molecule has 0 bridgehead atoms. The quantitative estimate of drug-likeness (QED) is 0.335. The third-order valence-electron chi connectivity index (χ3n) is 7.40. The fourth-order valence-electron chi connectivity index (χ4n) is 3.25. The van der Waals surface area contributed by atoms with Crippen LogP contribution in [0.1, 0.15) is 61.3 Å². The van der Waals surface area contributed by atoms with Crippen LogP contribution in [0.2, 0.25) is 36.3 Å². The molecule has 26 heavy (non-hydrogen) atoms. The first-order valence-corrected chi connectivity index (χ1v) is 15.7. The minimum absolute atomic E-state index is 0.0106. The van der Waals surface area contributed by atoms with Gasteiger partial charge in [0.2, 0.25) is 5.91 Å². The SMILES string of the molecule is CC(C)(C)[Si](C)(C)OCC[C@]1(C)C(=O)N([Si](C)(C)C(C)(C)C)C1CC=O. The fourth-order valence-corrected chi connectivity index (χ4v) is 6.95. The maximum Gasteiger partial charge on any atom is 0.223 e. The Morgan fingerprint density at radius 1 is 1.08 bits per heavy atom. The van der Waals surface area contributed by atoms with Crippen molar-refractivity contribution in [1.29, 1.82) is 0 Å². The number of hydrogen-bond acceptors (Lipinski definition) is 3. The monoisotopic (exact) mass is 399 g/mol. The maximum atomic E-state index is 13.2. The zero-order chi connectivity index (χ0) is 20.8. The van der Waals surface area contributed by atoms with Gasteiger partial charge in [0.25, 0.3) is 0 Å². The van der Waals surface area contributed by atoms with E-state index in [4.69, 9.17) is 4.43 Å². The highest BCUT2D eigenvalue weighted by atomic mass is 28.4. The molecule has 2 atom stereocenters. The van der Waals surface area contributed by atoms with Crippen LogP contribution in [-0.2, 0) is 14.0 Å². The highest BCUT2D eigenvalue weighted by Gasteiger charge is 2.63. The molecule has 0 radical (unpaired) electrons. The van der Waals surface area contributed by atoms with Crippen molar-refractivity contribution < 1.29 is 14.0 Å². The van der Waals surface area contributed by atoms with Crippen molar-refractivity contribution >= 4 is 28.7 Å². The summed E-state index contributed by atoms with van der Waals surface area (Å²) >= 11 is 0. The highest BCUT2D eigenvalue weighted by Crippen LogP contribution is 2.51. The van der Waals surface area contributed by atoms with Crippen molar-refractivity contribution in [3.05, 3.63) is 0 Å². The topological polar surface area (TPSA) is 46.6 Å². The molecule has 1 aliphatic rings. The van der Waals surface area contributed by atoms with Crippen LogP contribution in [0.4, 0.5) is 0 Å². The first-order valence-electron chi connectivity index (χ1n) is 9.85. The van der Waals surface area contributed by atoms with Crippen molar-refractivity contribution in [3.63, 3.8) is 0 Å². The van der Waals surface area contributed by atoms with Crippen LogP contribution in [-0.4, -0.2) is 46.0 Å². The Hall–Kier alpha value is -0.466. The van der Waals surface area contributed by atoms with Gasteiger partial charge in [-0.2, -0.15) is 0 Å². The lowest BCUT2D eigenvalue weighted by atomic mass is 9.70. The molecule has 0 aromatic rings. The molecule has 0 saturated carbocycles. The van der Waals surface area contributed by atoms with Crippen molar-refractivity contribution in [2.24, 2.45) is 5.41 Å². The van der Waals surface area contributed by atoms with Gasteiger partial charge < -0.3 is 13.8 Å². The zero-order valence-corrected chi connectivity index (χ0v) is 20.9. The van der Waals surface area contributed by atoms with E-state index in [-0.39, 0.29) is 22.0 Å². The summed E-state index contributed by atoms with van der Waals surface area (Å²) < 4.78 is 8.41. The van der Waals surface area contributed by atoms with Crippen LogP contribution >= 0.6 is 0 Å². The number of amides is 1. The molecule has 1 saturated heterocycles. The second-order valence-corrected chi connectivity index (χ2v) is 21.1. The zero-order valence-electron chi connectivity index (χ0n) is 18.9. The molecule has 4 nitrogen and oxygen atoms in total. The van der Waals surface area contributed by atoms with E-state index in [0.717, 1.165) is 6.29 Å². The number of β-lactam (4-membered cyclic amide) rings is 1. The Morgan fingerprint density at radius 2 is 1.58 bits per heavy atom. The number of hydrogen-bond donors (Lipinski definition) is 0. The van der Waals surface area contributed by atoms with E-state index in [2.05, 4.69) is 72.3 Å². The molecular formula is C20H41NO3Si2. The van der Waals surface area contributed by atoms with Gasteiger partial charge in [0.15, 0.2) is 16.6 Å². The van der Waals surface area contributed by atoms with Gasteiger partial charge in [-0.05, 0) is 36.5 Å². The first kappa shape index (κ1) is 23.6. The molecule has 0 aliphatic carbocycles. The second-order valence-electron chi connectivity index (χ2n) is 11.2. The molecule has 1 heterocycles. The molecule has 1 amide bonds. The fraction of sp³-hybridized carbons (Fsp3) is 0.900. The van der Waals surface area contributed by atoms with Crippen molar-refractivity contribution in [3.8, 4) is 0 Å². The number of rotatable bonds is 7. The predicted octanol–water partition coefficient (Wildman–Crippen LogP) is 5.21. The van der Waals surface area contributed by atoms with Gasteiger partial charge in [0.05, 0.1) is 5.41 Å². The van der Waals surface area contributed by atoms with E-state index in [0.29, 0.717) is 19.4 Å². The predicted molar refractivity (Wildman–Crippen MR) is 114 cm³/mol. The van der Waals surface area contributed by atoms with Gasteiger partial charge in [0.1, 0.15) is 6.29 Å². The minimum Gasteiger partial charge on any atom is -0.417 e.